The van der Waals surface area contributed by atoms with Gasteiger partial charge < -0.3 is 4.74 Å². The van der Waals surface area contributed by atoms with Crippen LogP contribution in [0.1, 0.15) is 5.56 Å². The summed E-state index contributed by atoms with van der Waals surface area (Å²) in [5, 5.41) is 0. The third-order valence-electron chi connectivity index (χ3n) is 1.40. The third-order valence-corrected chi connectivity index (χ3v) is 3.05. The van der Waals surface area contributed by atoms with Crippen molar-refractivity contribution in [1.29, 1.82) is 0 Å². The van der Waals surface area contributed by atoms with E-state index in [1.54, 1.807) is 0 Å². The fourth-order valence-electron chi connectivity index (χ4n) is 0.766. The molecular formula is C7H4BrF3INO. The maximum atomic E-state index is 12.0. The number of aromatic nitrogens is 1. The first-order valence-corrected chi connectivity index (χ1v) is 5.25. The van der Waals surface area contributed by atoms with E-state index in [2.05, 4.69) is 25.7 Å². The second-order valence-corrected chi connectivity index (χ2v) is 4.31. The summed E-state index contributed by atoms with van der Waals surface area (Å²) in [5.41, 5.74) is 0.407. The molecule has 0 atom stereocenters. The highest BCUT2D eigenvalue weighted by atomic mass is 127. The molecule has 78 valence electrons. The average molecular weight is 382 g/mol. The van der Waals surface area contributed by atoms with E-state index in [0.29, 0.717) is 9.13 Å². The Bertz CT molecular complexity index is 356. The Morgan fingerprint density at radius 2 is 2.07 bits per heavy atom. The van der Waals surface area contributed by atoms with E-state index >= 15 is 0 Å². The van der Waals surface area contributed by atoms with Gasteiger partial charge in [0.2, 0.25) is 0 Å². The van der Waals surface area contributed by atoms with Gasteiger partial charge in [-0.2, -0.15) is 0 Å². The number of hydrogen-bond donors (Lipinski definition) is 0. The van der Waals surface area contributed by atoms with Crippen LogP contribution in [0, 0.1) is 10.5 Å². The summed E-state index contributed by atoms with van der Waals surface area (Å²) in [6.07, 6.45) is -3.23. The Morgan fingerprint density at radius 3 is 2.57 bits per heavy atom. The Kier molecular flexibility index (Phi) is 3.62. The van der Waals surface area contributed by atoms with Crippen LogP contribution in [0.2, 0.25) is 0 Å². The SMILES string of the molecule is Cc1c(I)cnc(Br)c1OC(F)(F)F. The maximum Gasteiger partial charge on any atom is 0.573 e. The second kappa shape index (κ2) is 4.21. The number of alkyl halides is 3. The monoisotopic (exact) mass is 381 g/mol. The minimum atomic E-state index is -4.70. The summed E-state index contributed by atoms with van der Waals surface area (Å²) < 4.78 is 40.4. The summed E-state index contributed by atoms with van der Waals surface area (Å²) in [5.74, 6) is -0.288. The van der Waals surface area contributed by atoms with Crippen molar-refractivity contribution in [2.24, 2.45) is 0 Å². The fraction of sp³-hybridized carbons (Fsp3) is 0.286. The topological polar surface area (TPSA) is 22.1 Å². The summed E-state index contributed by atoms with van der Waals surface area (Å²) in [7, 11) is 0. The van der Waals surface area contributed by atoms with Gasteiger partial charge in [0.25, 0.3) is 0 Å². The molecule has 0 saturated heterocycles. The van der Waals surface area contributed by atoms with Gasteiger partial charge in [-0.25, -0.2) is 4.98 Å². The van der Waals surface area contributed by atoms with Crippen LogP contribution in [0.25, 0.3) is 0 Å². The van der Waals surface area contributed by atoms with Crippen LogP contribution >= 0.6 is 38.5 Å². The van der Waals surface area contributed by atoms with Crippen LogP contribution in [0.5, 0.6) is 5.75 Å². The molecule has 0 amide bonds. The van der Waals surface area contributed by atoms with Gasteiger partial charge >= 0.3 is 6.36 Å². The van der Waals surface area contributed by atoms with Crippen molar-refractivity contribution in [3.05, 3.63) is 19.9 Å². The van der Waals surface area contributed by atoms with E-state index in [0.717, 1.165) is 0 Å². The fourth-order valence-corrected chi connectivity index (χ4v) is 1.63. The minimum Gasteiger partial charge on any atom is -0.403 e. The smallest absolute Gasteiger partial charge is 0.403 e. The normalized spacial score (nSPS) is 11.6. The lowest BCUT2D eigenvalue weighted by Crippen LogP contribution is -2.18. The van der Waals surface area contributed by atoms with Crippen molar-refractivity contribution >= 4 is 38.5 Å². The molecule has 7 heteroatoms. The van der Waals surface area contributed by atoms with Gasteiger partial charge in [-0.05, 0) is 45.4 Å². The lowest BCUT2D eigenvalue weighted by Gasteiger charge is -2.12. The van der Waals surface area contributed by atoms with Gasteiger partial charge in [-0.3, -0.25) is 0 Å². The van der Waals surface area contributed by atoms with Crippen molar-refractivity contribution in [2.45, 2.75) is 13.3 Å². The molecule has 0 unspecified atom stereocenters. The quantitative estimate of drug-likeness (QED) is 0.547. The van der Waals surface area contributed by atoms with Gasteiger partial charge in [0, 0.05) is 15.3 Å². The van der Waals surface area contributed by atoms with Crippen LogP contribution in [-0.4, -0.2) is 11.3 Å². The highest BCUT2D eigenvalue weighted by molar-refractivity contribution is 14.1. The van der Waals surface area contributed by atoms with E-state index in [4.69, 9.17) is 0 Å². The molecule has 1 rings (SSSR count). The molecule has 0 spiro atoms. The highest BCUT2D eigenvalue weighted by Gasteiger charge is 2.33. The van der Waals surface area contributed by atoms with Gasteiger partial charge in [0.05, 0.1) is 0 Å². The van der Waals surface area contributed by atoms with Crippen LogP contribution in [0.15, 0.2) is 10.8 Å². The van der Waals surface area contributed by atoms with Crippen molar-refractivity contribution in [2.75, 3.05) is 0 Å². The molecule has 0 bridgehead atoms. The van der Waals surface area contributed by atoms with Crippen LogP contribution in [0.4, 0.5) is 13.2 Å². The number of halogens is 5. The van der Waals surface area contributed by atoms with Crippen LogP contribution in [-0.2, 0) is 0 Å². The van der Waals surface area contributed by atoms with Gasteiger partial charge in [0.15, 0.2) is 5.75 Å². The van der Waals surface area contributed by atoms with Crippen LogP contribution < -0.4 is 4.74 Å². The number of rotatable bonds is 1. The first-order valence-electron chi connectivity index (χ1n) is 3.37. The van der Waals surface area contributed by atoms with E-state index in [9.17, 15) is 13.2 Å². The Hall–Kier alpha value is -0.0500. The molecule has 0 aromatic carbocycles. The molecular weight excluding hydrogens is 378 g/mol. The van der Waals surface area contributed by atoms with Crippen LogP contribution in [0.3, 0.4) is 0 Å². The van der Waals surface area contributed by atoms with E-state index < -0.39 is 6.36 Å². The Morgan fingerprint density at radius 1 is 1.50 bits per heavy atom. The minimum absolute atomic E-state index is 0.0488. The van der Waals surface area contributed by atoms with Gasteiger partial charge in [-0.1, -0.05) is 0 Å². The Labute approximate surface area is 100 Å². The summed E-state index contributed by atoms with van der Waals surface area (Å²) in [4.78, 5) is 3.71. The molecule has 0 fully saturated rings. The zero-order valence-electron chi connectivity index (χ0n) is 6.82. The number of ether oxygens (including phenoxy) is 1. The number of nitrogens with zero attached hydrogens (tertiary/aromatic N) is 1. The maximum absolute atomic E-state index is 12.0. The van der Waals surface area contributed by atoms with Crippen molar-refractivity contribution in [3.63, 3.8) is 0 Å². The zero-order valence-corrected chi connectivity index (χ0v) is 10.6. The molecule has 1 aromatic rings. The number of pyridine rings is 1. The molecule has 1 heterocycles. The van der Waals surface area contributed by atoms with E-state index in [1.165, 1.54) is 13.1 Å². The lowest BCUT2D eigenvalue weighted by molar-refractivity contribution is -0.275. The van der Waals surface area contributed by atoms with E-state index in [-0.39, 0.29) is 10.4 Å². The largest absolute Gasteiger partial charge is 0.573 e. The summed E-state index contributed by atoms with van der Waals surface area (Å²) in [6.45, 7) is 1.54. The Balaban J connectivity index is 3.13. The molecule has 2 nitrogen and oxygen atoms in total. The van der Waals surface area contributed by atoms with Gasteiger partial charge in [0.1, 0.15) is 4.60 Å². The van der Waals surface area contributed by atoms with Gasteiger partial charge in [-0.15, -0.1) is 13.2 Å². The summed E-state index contributed by atoms with van der Waals surface area (Å²) >= 11 is 4.78. The second-order valence-electron chi connectivity index (χ2n) is 2.40. The number of hydrogen-bond acceptors (Lipinski definition) is 2. The molecule has 0 N–H and O–H groups in total. The highest BCUT2D eigenvalue weighted by Crippen LogP contribution is 2.33. The predicted molar refractivity (Wildman–Crippen MR) is 56.1 cm³/mol. The molecule has 0 aliphatic rings. The first-order chi connectivity index (χ1) is 6.31. The molecule has 1 aromatic heterocycles. The van der Waals surface area contributed by atoms with E-state index in [1.807, 2.05) is 22.6 Å². The molecule has 0 aliphatic carbocycles. The third kappa shape index (κ3) is 2.97. The molecule has 0 saturated carbocycles. The standard InChI is InChI=1S/C7H4BrF3INO/c1-3-4(12)2-13-6(8)5(3)14-7(9,10)11/h2H,1H3. The average Bonchev–Trinajstić information content (AvgIpc) is 2.04. The van der Waals surface area contributed by atoms with Crippen molar-refractivity contribution in [3.8, 4) is 5.75 Å². The predicted octanol–water partition coefficient (Wildman–Crippen LogP) is 3.66. The molecule has 0 radical (unpaired) electrons. The molecule has 14 heavy (non-hydrogen) atoms. The first kappa shape index (κ1) is 12.0. The molecule has 0 aliphatic heterocycles. The summed E-state index contributed by atoms with van der Waals surface area (Å²) in [6, 6.07) is 0. The lowest BCUT2D eigenvalue weighted by atomic mass is 10.3. The zero-order chi connectivity index (χ0) is 10.9. The van der Waals surface area contributed by atoms with Crippen molar-refractivity contribution in [1.82, 2.24) is 4.98 Å². The van der Waals surface area contributed by atoms with Crippen molar-refractivity contribution < 1.29 is 17.9 Å².